The normalized spacial score (nSPS) is 19.4. The summed E-state index contributed by atoms with van der Waals surface area (Å²) in [6, 6.07) is 8.96. The molecule has 1 aliphatic rings. The average Bonchev–Trinajstić information content (AvgIpc) is 2.81. The standard InChI is InChI=1S/C38H60O2S2/c1-35(2,3)27-19-25(33(39)29(21-27)37(7,8)9)23-41-31-17-15-13-14-16-18-32(31)42-24-26-20-28(36(4,5)6)22-30(34(26)40)38(10,11)12/h19-22,31-32,39-40H,13-18,23-24H2,1-12H3. The number of phenolic OH excluding ortho intramolecular Hbond substituents is 2. The van der Waals surface area contributed by atoms with E-state index in [1.165, 1.54) is 49.7 Å². The topological polar surface area (TPSA) is 40.5 Å². The third-order valence-electron chi connectivity index (χ3n) is 8.77. The van der Waals surface area contributed by atoms with Crippen molar-refractivity contribution in [2.24, 2.45) is 0 Å². The zero-order valence-electron chi connectivity index (χ0n) is 28.8. The summed E-state index contributed by atoms with van der Waals surface area (Å²) < 4.78 is 0. The van der Waals surface area contributed by atoms with Gasteiger partial charge in [-0.25, -0.2) is 0 Å². The van der Waals surface area contributed by atoms with Crippen LogP contribution in [0.1, 0.15) is 155 Å². The van der Waals surface area contributed by atoms with Gasteiger partial charge in [-0.2, -0.15) is 23.5 Å². The Kier molecular flexibility index (Phi) is 11.2. The molecule has 2 nitrogen and oxygen atoms in total. The van der Waals surface area contributed by atoms with Gasteiger partial charge in [-0.1, -0.05) is 133 Å². The largest absolute Gasteiger partial charge is 0.507 e. The van der Waals surface area contributed by atoms with Gasteiger partial charge in [-0.3, -0.25) is 0 Å². The first-order chi connectivity index (χ1) is 19.2. The average molecular weight is 613 g/mol. The molecule has 0 amide bonds. The summed E-state index contributed by atoms with van der Waals surface area (Å²) >= 11 is 4.09. The second-order valence-corrected chi connectivity index (χ2v) is 19.2. The summed E-state index contributed by atoms with van der Waals surface area (Å²) in [5.41, 5.74) is 6.69. The lowest BCUT2D eigenvalue weighted by Crippen LogP contribution is -2.23. The van der Waals surface area contributed by atoms with Crippen LogP contribution in [0.25, 0.3) is 0 Å². The van der Waals surface area contributed by atoms with Gasteiger partial charge in [0.2, 0.25) is 0 Å². The molecule has 0 bridgehead atoms. The smallest absolute Gasteiger partial charge is 0.123 e. The highest BCUT2D eigenvalue weighted by Gasteiger charge is 2.29. The molecule has 2 aromatic rings. The summed E-state index contributed by atoms with van der Waals surface area (Å²) in [6.45, 7) is 26.8. The molecule has 0 saturated heterocycles. The molecule has 1 aliphatic carbocycles. The molecule has 3 rings (SSSR count). The minimum atomic E-state index is -0.112. The Labute approximate surface area is 267 Å². The monoisotopic (exact) mass is 612 g/mol. The summed E-state index contributed by atoms with van der Waals surface area (Å²) in [6.07, 6.45) is 7.61. The third kappa shape index (κ3) is 9.13. The highest BCUT2D eigenvalue weighted by Crippen LogP contribution is 2.44. The molecule has 2 N–H and O–H groups in total. The van der Waals surface area contributed by atoms with Crippen LogP contribution in [0.4, 0.5) is 0 Å². The Morgan fingerprint density at radius 3 is 1.14 bits per heavy atom. The fraction of sp³-hybridized carbons (Fsp3) is 0.684. The van der Waals surface area contributed by atoms with Crippen LogP contribution in [-0.4, -0.2) is 20.7 Å². The molecular formula is C38H60O2S2. The molecule has 0 aromatic heterocycles. The molecule has 4 heteroatoms. The lowest BCUT2D eigenvalue weighted by molar-refractivity contribution is 0.439. The van der Waals surface area contributed by atoms with Crippen LogP contribution in [0.15, 0.2) is 24.3 Å². The van der Waals surface area contributed by atoms with Crippen molar-refractivity contribution in [3.8, 4) is 11.5 Å². The molecule has 0 aliphatic heterocycles. The van der Waals surface area contributed by atoms with Crippen molar-refractivity contribution in [2.45, 2.75) is 165 Å². The van der Waals surface area contributed by atoms with Crippen LogP contribution in [0, 0.1) is 0 Å². The molecular weight excluding hydrogens is 553 g/mol. The van der Waals surface area contributed by atoms with Crippen molar-refractivity contribution < 1.29 is 10.2 Å². The van der Waals surface area contributed by atoms with Gasteiger partial charge < -0.3 is 10.2 Å². The van der Waals surface area contributed by atoms with Crippen LogP contribution in [0.3, 0.4) is 0 Å². The summed E-state index contributed by atoms with van der Waals surface area (Å²) in [5.74, 6) is 2.63. The molecule has 1 saturated carbocycles. The fourth-order valence-corrected chi connectivity index (χ4v) is 8.88. The molecule has 1 fully saturated rings. The van der Waals surface area contributed by atoms with Gasteiger partial charge in [0.15, 0.2) is 0 Å². The summed E-state index contributed by atoms with van der Waals surface area (Å²) in [4.78, 5) is 0. The maximum atomic E-state index is 11.4. The van der Waals surface area contributed by atoms with Gasteiger partial charge in [-0.15, -0.1) is 0 Å². The van der Waals surface area contributed by atoms with E-state index < -0.39 is 0 Å². The number of hydrogen-bond donors (Lipinski definition) is 2. The van der Waals surface area contributed by atoms with E-state index in [0.717, 1.165) is 33.8 Å². The number of benzene rings is 2. The number of thioether (sulfide) groups is 2. The Hall–Kier alpha value is -1.26. The number of hydrogen-bond acceptors (Lipinski definition) is 4. The third-order valence-corrected chi connectivity index (χ3v) is 11.9. The molecule has 0 heterocycles. The van der Waals surface area contributed by atoms with Gasteiger partial charge in [0.1, 0.15) is 11.5 Å². The lowest BCUT2D eigenvalue weighted by atomic mass is 9.79. The summed E-state index contributed by atoms with van der Waals surface area (Å²) in [5, 5.41) is 23.9. The molecule has 2 aromatic carbocycles. The Morgan fingerprint density at radius 1 is 0.524 bits per heavy atom. The minimum Gasteiger partial charge on any atom is -0.507 e. The van der Waals surface area contributed by atoms with Crippen molar-refractivity contribution in [3.05, 3.63) is 57.6 Å². The second kappa shape index (κ2) is 13.4. The predicted molar refractivity (Wildman–Crippen MR) is 189 cm³/mol. The van der Waals surface area contributed by atoms with Crippen molar-refractivity contribution in [1.29, 1.82) is 0 Å². The van der Waals surface area contributed by atoms with Crippen LogP contribution >= 0.6 is 23.5 Å². The van der Waals surface area contributed by atoms with E-state index in [2.05, 4.69) is 107 Å². The maximum absolute atomic E-state index is 11.4. The predicted octanol–water partition coefficient (Wildman–Crippen LogP) is 11.5. The minimum absolute atomic E-state index is 0.0290. The van der Waals surface area contributed by atoms with E-state index in [9.17, 15) is 10.2 Å². The zero-order valence-corrected chi connectivity index (χ0v) is 30.5. The number of rotatable bonds is 6. The zero-order chi connectivity index (χ0) is 31.7. The Morgan fingerprint density at radius 2 is 0.857 bits per heavy atom. The molecule has 42 heavy (non-hydrogen) atoms. The van der Waals surface area contributed by atoms with Crippen LogP contribution < -0.4 is 0 Å². The van der Waals surface area contributed by atoms with Crippen molar-refractivity contribution in [2.75, 3.05) is 0 Å². The van der Waals surface area contributed by atoms with Gasteiger partial charge in [-0.05, 0) is 56.8 Å². The van der Waals surface area contributed by atoms with Crippen molar-refractivity contribution in [1.82, 2.24) is 0 Å². The SMILES string of the molecule is CC(C)(C)c1cc(CSC2CCCCCCC2SCc2cc(C(C)(C)C)cc(C(C)(C)C)c2O)c(O)c(C(C)(C)C)c1. The Balaban J connectivity index is 1.89. The van der Waals surface area contributed by atoms with Crippen LogP contribution in [0.2, 0.25) is 0 Å². The maximum Gasteiger partial charge on any atom is 0.123 e. The molecule has 0 spiro atoms. The molecule has 2 atom stereocenters. The second-order valence-electron chi connectivity index (χ2n) is 16.8. The molecule has 236 valence electrons. The summed E-state index contributed by atoms with van der Waals surface area (Å²) in [7, 11) is 0. The first-order valence-electron chi connectivity index (χ1n) is 16.2. The molecule has 0 radical (unpaired) electrons. The van der Waals surface area contributed by atoms with E-state index in [4.69, 9.17) is 0 Å². The van der Waals surface area contributed by atoms with Crippen molar-refractivity contribution in [3.63, 3.8) is 0 Å². The quantitative estimate of drug-likeness (QED) is 0.340. The van der Waals surface area contributed by atoms with E-state index in [0.29, 0.717) is 22.0 Å². The van der Waals surface area contributed by atoms with E-state index in [1.54, 1.807) is 0 Å². The van der Waals surface area contributed by atoms with Crippen molar-refractivity contribution >= 4 is 23.5 Å². The van der Waals surface area contributed by atoms with Gasteiger partial charge >= 0.3 is 0 Å². The fourth-order valence-electron chi connectivity index (χ4n) is 5.81. The highest BCUT2D eigenvalue weighted by molar-refractivity contribution is 8.03. The van der Waals surface area contributed by atoms with E-state index >= 15 is 0 Å². The van der Waals surface area contributed by atoms with Gasteiger partial charge in [0, 0.05) is 33.1 Å². The van der Waals surface area contributed by atoms with Crippen LogP contribution in [-0.2, 0) is 33.2 Å². The first-order valence-corrected chi connectivity index (χ1v) is 18.3. The molecule has 2 unspecified atom stereocenters. The number of aromatic hydroxyl groups is 2. The first kappa shape index (κ1) is 35.2. The lowest BCUT2D eigenvalue weighted by Gasteiger charge is -2.31. The Bertz CT molecular complexity index is 1110. The van der Waals surface area contributed by atoms with Gasteiger partial charge in [0.25, 0.3) is 0 Å². The number of phenols is 2. The van der Waals surface area contributed by atoms with E-state index in [1.807, 2.05) is 23.5 Å². The highest BCUT2D eigenvalue weighted by atomic mass is 32.2. The van der Waals surface area contributed by atoms with Gasteiger partial charge in [0.05, 0.1) is 0 Å². The van der Waals surface area contributed by atoms with E-state index in [-0.39, 0.29) is 21.7 Å². The van der Waals surface area contributed by atoms with Crippen LogP contribution in [0.5, 0.6) is 11.5 Å².